The van der Waals surface area contributed by atoms with Gasteiger partial charge in [0.05, 0.1) is 0 Å². The Morgan fingerprint density at radius 1 is 1.10 bits per heavy atom. The van der Waals surface area contributed by atoms with Gasteiger partial charge in [0.1, 0.15) is 0 Å². The minimum Gasteiger partial charge on any atom is -0.294 e. The summed E-state index contributed by atoms with van der Waals surface area (Å²) in [6.07, 6.45) is 0.373. The molecule has 0 aliphatic heterocycles. The van der Waals surface area contributed by atoms with Crippen LogP contribution in [0.5, 0.6) is 0 Å². The highest BCUT2D eigenvalue weighted by Gasteiger charge is 2.48. The van der Waals surface area contributed by atoms with Crippen LogP contribution in [0.25, 0.3) is 0 Å². The molecule has 1 aromatic rings. The molecule has 0 aromatic heterocycles. The lowest BCUT2D eigenvalue weighted by molar-refractivity contribution is -0.0306. The molecular formula is C16H18F4O. The van der Waals surface area contributed by atoms with E-state index in [-0.39, 0.29) is 12.0 Å². The maximum Gasteiger partial charge on any atom is 0.276 e. The van der Waals surface area contributed by atoms with E-state index in [1.54, 1.807) is 6.92 Å². The number of carbonyl (C=O) groups is 1. The van der Waals surface area contributed by atoms with Gasteiger partial charge in [0, 0.05) is 35.4 Å². The molecule has 1 nitrogen and oxygen atoms in total. The van der Waals surface area contributed by atoms with E-state index in [1.807, 2.05) is 0 Å². The molecule has 0 spiro atoms. The minimum atomic E-state index is -3.21. The average Bonchev–Trinajstić information content (AvgIpc) is 3.30. The fourth-order valence-electron chi connectivity index (χ4n) is 2.28. The summed E-state index contributed by atoms with van der Waals surface area (Å²) in [5, 5.41) is 0. The van der Waals surface area contributed by atoms with Crippen molar-refractivity contribution in [1.29, 1.82) is 0 Å². The van der Waals surface area contributed by atoms with Gasteiger partial charge in [0.25, 0.3) is 11.8 Å². The second-order valence-electron chi connectivity index (χ2n) is 5.53. The highest BCUT2D eigenvalue weighted by molar-refractivity contribution is 5.96. The Balaban J connectivity index is 2.54. The number of hydrogen-bond acceptors (Lipinski definition) is 1. The largest absolute Gasteiger partial charge is 0.294 e. The minimum absolute atomic E-state index is 0.0570. The topological polar surface area (TPSA) is 17.1 Å². The molecule has 0 heterocycles. The molecule has 0 atom stereocenters. The van der Waals surface area contributed by atoms with Gasteiger partial charge in [0.2, 0.25) is 0 Å². The predicted molar refractivity (Wildman–Crippen MR) is 71.9 cm³/mol. The lowest BCUT2D eigenvalue weighted by Gasteiger charge is -2.21. The zero-order valence-electron chi connectivity index (χ0n) is 12.1. The first kappa shape index (κ1) is 16.0. The van der Waals surface area contributed by atoms with Crippen LogP contribution in [-0.2, 0) is 11.8 Å². The van der Waals surface area contributed by atoms with E-state index in [0.717, 1.165) is 18.2 Å². The van der Waals surface area contributed by atoms with Crippen molar-refractivity contribution in [3.63, 3.8) is 0 Å². The highest BCUT2D eigenvalue weighted by atomic mass is 19.3. The summed E-state index contributed by atoms with van der Waals surface area (Å²) >= 11 is 0. The fourth-order valence-corrected chi connectivity index (χ4v) is 2.28. The van der Waals surface area contributed by atoms with E-state index < -0.39 is 41.1 Å². The molecule has 0 unspecified atom stereocenters. The first-order chi connectivity index (χ1) is 9.72. The number of ketones is 1. The van der Waals surface area contributed by atoms with Crippen LogP contribution < -0.4 is 0 Å². The smallest absolute Gasteiger partial charge is 0.276 e. The Hall–Kier alpha value is -1.39. The number of Topliss-reactive ketones (excluding diaryl/α,β-unsaturated/α-hetero) is 1. The van der Waals surface area contributed by atoms with Gasteiger partial charge in [-0.1, -0.05) is 13.8 Å². The molecule has 0 bridgehead atoms. The van der Waals surface area contributed by atoms with Crippen LogP contribution in [-0.4, -0.2) is 5.78 Å². The molecule has 0 amide bonds. The van der Waals surface area contributed by atoms with Gasteiger partial charge in [-0.15, -0.1) is 0 Å². The monoisotopic (exact) mass is 302 g/mol. The normalized spacial score (nSPS) is 16.1. The van der Waals surface area contributed by atoms with Crippen molar-refractivity contribution < 1.29 is 22.4 Å². The van der Waals surface area contributed by atoms with Crippen LogP contribution in [0, 0.1) is 5.92 Å². The number of halogens is 4. The molecule has 1 aliphatic carbocycles. The van der Waals surface area contributed by atoms with Gasteiger partial charge in [0.15, 0.2) is 5.78 Å². The van der Waals surface area contributed by atoms with Crippen LogP contribution in [0.15, 0.2) is 18.2 Å². The Labute approximate surface area is 121 Å². The van der Waals surface area contributed by atoms with Crippen molar-refractivity contribution in [3.05, 3.63) is 34.9 Å². The number of carbonyl (C=O) groups excluding carboxylic acids is 1. The van der Waals surface area contributed by atoms with Crippen LogP contribution >= 0.6 is 0 Å². The molecule has 1 aliphatic rings. The zero-order valence-corrected chi connectivity index (χ0v) is 12.1. The average molecular weight is 302 g/mol. The van der Waals surface area contributed by atoms with E-state index >= 15 is 0 Å². The molecular weight excluding hydrogens is 284 g/mol. The summed E-state index contributed by atoms with van der Waals surface area (Å²) in [5.41, 5.74) is -1.02. The van der Waals surface area contributed by atoms with Crippen molar-refractivity contribution in [2.45, 2.75) is 51.4 Å². The van der Waals surface area contributed by atoms with E-state index in [4.69, 9.17) is 0 Å². The quantitative estimate of drug-likeness (QED) is 0.516. The number of alkyl halides is 4. The number of hydrogen-bond donors (Lipinski definition) is 0. The Morgan fingerprint density at radius 2 is 1.67 bits per heavy atom. The van der Waals surface area contributed by atoms with Crippen LogP contribution in [0.1, 0.15) is 61.0 Å². The maximum absolute atomic E-state index is 14.2. The second-order valence-corrected chi connectivity index (χ2v) is 5.53. The lowest BCUT2D eigenvalue weighted by Crippen LogP contribution is -2.20. The summed E-state index contributed by atoms with van der Waals surface area (Å²) in [5.74, 6) is -7.56. The molecule has 0 saturated heterocycles. The van der Waals surface area contributed by atoms with Gasteiger partial charge in [-0.2, -0.15) is 0 Å². The molecule has 0 radical (unpaired) electrons. The summed E-state index contributed by atoms with van der Waals surface area (Å²) in [6, 6.07) is 2.97. The summed E-state index contributed by atoms with van der Waals surface area (Å²) < 4.78 is 56.1. The zero-order chi connectivity index (χ0) is 15.8. The van der Waals surface area contributed by atoms with Gasteiger partial charge in [-0.05, 0) is 31.0 Å². The number of rotatable bonds is 6. The molecule has 1 saturated carbocycles. The van der Waals surface area contributed by atoms with Crippen molar-refractivity contribution in [1.82, 2.24) is 0 Å². The van der Waals surface area contributed by atoms with Gasteiger partial charge in [-0.3, -0.25) is 4.79 Å². The molecule has 1 aromatic carbocycles. The van der Waals surface area contributed by atoms with E-state index in [9.17, 15) is 22.4 Å². The van der Waals surface area contributed by atoms with Gasteiger partial charge in [-0.25, -0.2) is 17.6 Å². The van der Waals surface area contributed by atoms with Gasteiger partial charge >= 0.3 is 0 Å². The predicted octanol–water partition coefficient (Wildman–Crippen LogP) is 5.28. The maximum atomic E-state index is 14.2. The summed E-state index contributed by atoms with van der Waals surface area (Å²) in [4.78, 5) is 11.8. The van der Waals surface area contributed by atoms with Crippen LogP contribution in [0.3, 0.4) is 0 Å². The molecule has 116 valence electrons. The van der Waals surface area contributed by atoms with Gasteiger partial charge < -0.3 is 0 Å². The first-order valence-electron chi connectivity index (χ1n) is 7.17. The van der Waals surface area contributed by atoms with Crippen molar-refractivity contribution in [2.24, 2.45) is 5.92 Å². The molecule has 21 heavy (non-hydrogen) atoms. The van der Waals surface area contributed by atoms with E-state index in [1.165, 1.54) is 6.92 Å². The van der Waals surface area contributed by atoms with E-state index in [0.29, 0.717) is 12.8 Å². The van der Waals surface area contributed by atoms with Crippen molar-refractivity contribution >= 4 is 5.78 Å². The third-order valence-electron chi connectivity index (χ3n) is 3.92. The van der Waals surface area contributed by atoms with Crippen LogP contribution in [0.4, 0.5) is 17.6 Å². The number of benzene rings is 1. The fraction of sp³-hybridized carbons (Fsp3) is 0.562. The molecule has 2 rings (SSSR count). The standard InChI is InChI=1S/C16H18F4O/c1-3-14(21)10-7-12(15(17,18)4-2)9-13(8-10)16(19,20)11-5-6-11/h7-9,11H,3-6H2,1-2H3. The van der Waals surface area contributed by atoms with E-state index in [2.05, 4.69) is 0 Å². The third-order valence-corrected chi connectivity index (χ3v) is 3.92. The Kier molecular flexibility index (Phi) is 4.13. The lowest BCUT2D eigenvalue weighted by atomic mass is 9.93. The highest BCUT2D eigenvalue weighted by Crippen LogP contribution is 2.50. The molecule has 5 heteroatoms. The SMILES string of the molecule is CCC(=O)c1cc(C(F)(F)CC)cc(C(F)(F)C2CC2)c1. The summed E-state index contributed by atoms with van der Waals surface area (Å²) in [7, 11) is 0. The van der Waals surface area contributed by atoms with Crippen molar-refractivity contribution in [3.8, 4) is 0 Å². The first-order valence-corrected chi connectivity index (χ1v) is 7.17. The third kappa shape index (κ3) is 3.11. The Morgan fingerprint density at radius 3 is 2.14 bits per heavy atom. The van der Waals surface area contributed by atoms with Crippen molar-refractivity contribution in [2.75, 3.05) is 0 Å². The second kappa shape index (κ2) is 5.43. The molecule has 0 N–H and O–H groups in total. The summed E-state index contributed by atoms with van der Waals surface area (Å²) in [6.45, 7) is 2.86. The molecule has 1 fully saturated rings. The van der Waals surface area contributed by atoms with Crippen LogP contribution in [0.2, 0.25) is 0 Å². The Bertz CT molecular complexity index is 547.